The average Bonchev–Trinajstić information content (AvgIpc) is 2.51. The van der Waals surface area contributed by atoms with Crippen molar-refractivity contribution in [3.05, 3.63) is 48.6 Å². The summed E-state index contributed by atoms with van der Waals surface area (Å²) in [5, 5.41) is 2.89. The molecule has 0 aliphatic carbocycles. The van der Waals surface area contributed by atoms with Crippen molar-refractivity contribution in [3.63, 3.8) is 0 Å². The lowest BCUT2D eigenvalue weighted by Gasteiger charge is -2.05. The molecule has 3 N–H and O–H groups in total. The molecule has 0 radical (unpaired) electrons. The van der Waals surface area contributed by atoms with Crippen molar-refractivity contribution in [2.24, 2.45) is 10.7 Å². The van der Waals surface area contributed by atoms with Gasteiger partial charge in [0, 0.05) is 19.5 Å². The van der Waals surface area contributed by atoms with E-state index in [1.165, 1.54) is 0 Å². The second-order valence-electron chi connectivity index (χ2n) is 4.54. The van der Waals surface area contributed by atoms with Crippen LogP contribution in [0.4, 0.5) is 0 Å². The molecule has 114 valence electrons. The van der Waals surface area contributed by atoms with Gasteiger partial charge in [-0.05, 0) is 18.4 Å². The number of aliphatic imine (C=N–C) groups is 1. The van der Waals surface area contributed by atoms with Crippen LogP contribution >= 0.6 is 0 Å². The maximum atomic E-state index is 11.5. The first-order valence-electron chi connectivity index (χ1n) is 7.06. The number of benzene rings is 1. The summed E-state index contributed by atoms with van der Waals surface area (Å²) in [5.41, 5.74) is 6.61. The molecule has 0 bridgehead atoms. The van der Waals surface area contributed by atoms with Crippen LogP contribution in [0.3, 0.4) is 0 Å². The van der Waals surface area contributed by atoms with Crippen LogP contribution in [0.25, 0.3) is 0 Å². The van der Waals surface area contributed by atoms with Gasteiger partial charge in [0.15, 0.2) is 5.96 Å². The molecule has 0 saturated heterocycles. The number of rotatable bonds is 9. The van der Waals surface area contributed by atoms with Crippen LogP contribution in [-0.4, -0.2) is 25.0 Å². The van der Waals surface area contributed by atoms with Crippen LogP contribution < -0.4 is 11.1 Å². The number of unbranched alkanes of at least 4 members (excludes halogenated alkanes) is 1. The van der Waals surface area contributed by atoms with Gasteiger partial charge in [0.2, 0.25) is 0 Å². The lowest BCUT2D eigenvalue weighted by Crippen LogP contribution is -2.31. The van der Waals surface area contributed by atoms with E-state index in [2.05, 4.69) is 16.9 Å². The number of hydrogen-bond acceptors (Lipinski definition) is 3. The Morgan fingerprint density at radius 1 is 1.33 bits per heavy atom. The average molecular weight is 289 g/mol. The Hall–Kier alpha value is -2.30. The van der Waals surface area contributed by atoms with E-state index in [1.54, 1.807) is 6.08 Å². The zero-order valence-corrected chi connectivity index (χ0v) is 12.3. The van der Waals surface area contributed by atoms with Crippen molar-refractivity contribution >= 4 is 11.9 Å². The van der Waals surface area contributed by atoms with Crippen molar-refractivity contribution in [2.75, 3.05) is 13.1 Å². The van der Waals surface area contributed by atoms with Crippen LogP contribution in [0.15, 0.2) is 48.0 Å². The van der Waals surface area contributed by atoms with Gasteiger partial charge in [0.05, 0.1) is 0 Å². The van der Waals surface area contributed by atoms with Gasteiger partial charge in [-0.1, -0.05) is 36.4 Å². The van der Waals surface area contributed by atoms with Crippen molar-refractivity contribution in [1.82, 2.24) is 5.32 Å². The molecule has 0 unspecified atom stereocenters. The number of esters is 1. The van der Waals surface area contributed by atoms with Gasteiger partial charge < -0.3 is 15.8 Å². The van der Waals surface area contributed by atoms with E-state index in [0.29, 0.717) is 32.1 Å². The maximum Gasteiger partial charge on any atom is 0.306 e. The van der Waals surface area contributed by atoms with Gasteiger partial charge in [0.1, 0.15) is 6.61 Å². The van der Waals surface area contributed by atoms with Crippen molar-refractivity contribution in [2.45, 2.75) is 25.9 Å². The van der Waals surface area contributed by atoms with Crippen LogP contribution in [0.2, 0.25) is 0 Å². The topological polar surface area (TPSA) is 76.7 Å². The Morgan fingerprint density at radius 2 is 2.10 bits per heavy atom. The monoisotopic (exact) mass is 289 g/mol. The fraction of sp³-hybridized carbons (Fsp3) is 0.375. The number of carbonyl (C=O) groups excluding carboxylic acids is 1. The van der Waals surface area contributed by atoms with Crippen LogP contribution in [0, 0.1) is 0 Å². The summed E-state index contributed by atoms with van der Waals surface area (Å²) < 4.78 is 5.19. The smallest absolute Gasteiger partial charge is 0.306 e. The van der Waals surface area contributed by atoms with Crippen molar-refractivity contribution < 1.29 is 9.53 Å². The summed E-state index contributed by atoms with van der Waals surface area (Å²) in [6, 6.07) is 9.64. The highest BCUT2D eigenvalue weighted by Crippen LogP contribution is 2.03. The molecule has 1 aromatic rings. The molecule has 1 rings (SSSR count). The number of nitrogens with two attached hydrogens (primary N) is 1. The fourth-order valence-corrected chi connectivity index (χ4v) is 1.62. The van der Waals surface area contributed by atoms with Crippen LogP contribution in [0.5, 0.6) is 0 Å². The zero-order chi connectivity index (χ0) is 15.3. The Bertz CT molecular complexity index is 458. The van der Waals surface area contributed by atoms with Crippen LogP contribution in [-0.2, 0) is 16.1 Å². The molecule has 0 aliphatic heterocycles. The minimum atomic E-state index is -0.180. The minimum absolute atomic E-state index is 0.180. The lowest BCUT2D eigenvalue weighted by atomic mass is 10.2. The molecular weight excluding hydrogens is 266 g/mol. The highest BCUT2D eigenvalue weighted by atomic mass is 16.5. The summed E-state index contributed by atoms with van der Waals surface area (Å²) >= 11 is 0. The third kappa shape index (κ3) is 8.47. The third-order valence-corrected chi connectivity index (χ3v) is 2.74. The van der Waals surface area contributed by atoms with Crippen molar-refractivity contribution in [3.8, 4) is 0 Å². The summed E-state index contributed by atoms with van der Waals surface area (Å²) in [6.45, 7) is 5.10. The first kappa shape index (κ1) is 16.8. The van der Waals surface area contributed by atoms with Gasteiger partial charge in [-0.3, -0.25) is 9.79 Å². The molecule has 1 aromatic carbocycles. The second-order valence-corrected chi connectivity index (χ2v) is 4.54. The lowest BCUT2D eigenvalue weighted by molar-refractivity contribution is -0.145. The molecule has 5 nitrogen and oxygen atoms in total. The molecule has 0 aromatic heterocycles. The highest BCUT2D eigenvalue weighted by molar-refractivity contribution is 5.77. The fourth-order valence-electron chi connectivity index (χ4n) is 1.62. The summed E-state index contributed by atoms with van der Waals surface area (Å²) in [6.07, 6.45) is 3.66. The largest absolute Gasteiger partial charge is 0.461 e. The van der Waals surface area contributed by atoms with E-state index in [1.807, 2.05) is 30.3 Å². The van der Waals surface area contributed by atoms with Gasteiger partial charge in [-0.15, -0.1) is 6.58 Å². The van der Waals surface area contributed by atoms with E-state index in [9.17, 15) is 4.79 Å². The molecule has 0 aliphatic rings. The number of nitrogens with zero attached hydrogens (tertiary/aromatic N) is 1. The predicted molar refractivity (Wildman–Crippen MR) is 84.8 cm³/mol. The quantitative estimate of drug-likeness (QED) is 0.240. The summed E-state index contributed by atoms with van der Waals surface area (Å²) in [7, 11) is 0. The molecule has 0 spiro atoms. The molecular formula is C16H23N3O2. The Kier molecular flexibility index (Phi) is 8.36. The highest BCUT2D eigenvalue weighted by Gasteiger charge is 2.02. The Morgan fingerprint density at radius 3 is 2.81 bits per heavy atom. The molecule has 0 heterocycles. The van der Waals surface area contributed by atoms with Gasteiger partial charge in [-0.25, -0.2) is 0 Å². The summed E-state index contributed by atoms with van der Waals surface area (Å²) in [4.78, 5) is 15.7. The minimum Gasteiger partial charge on any atom is -0.461 e. The second kappa shape index (κ2) is 10.5. The molecule has 21 heavy (non-hydrogen) atoms. The normalized spacial score (nSPS) is 11.0. The number of carbonyl (C=O) groups is 1. The van der Waals surface area contributed by atoms with Crippen molar-refractivity contribution in [1.29, 1.82) is 0 Å². The summed E-state index contributed by atoms with van der Waals surface area (Å²) in [5.74, 6) is 0.224. The molecule has 0 atom stereocenters. The van der Waals surface area contributed by atoms with Gasteiger partial charge in [-0.2, -0.15) is 0 Å². The molecule has 0 amide bonds. The molecule has 5 heteroatoms. The first-order chi connectivity index (χ1) is 10.2. The maximum absolute atomic E-state index is 11.5. The van der Waals surface area contributed by atoms with E-state index in [-0.39, 0.29) is 5.97 Å². The standard InChI is InChI=1S/C16H23N3O2/c1-2-11-18-16(17)19-12-7-6-10-15(20)21-13-14-8-4-3-5-9-14/h2-5,8-9H,1,6-7,10-13H2,(H3,17,18,19). The number of nitrogens with one attached hydrogen (secondary N) is 1. The molecule has 0 fully saturated rings. The van der Waals surface area contributed by atoms with Gasteiger partial charge in [0.25, 0.3) is 0 Å². The molecule has 0 saturated carbocycles. The van der Waals surface area contributed by atoms with E-state index < -0.39 is 0 Å². The van der Waals surface area contributed by atoms with Crippen LogP contribution in [0.1, 0.15) is 24.8 Å². The van der Waals surface area contributed by atoms with E-state index in [0.717, 1.165) is 18.4 Å². The Balaban J connectivity index is 2.07. The first-order valence-corrected chi connectivity index (χ1v) is 7.06. The Labute approximate surface area is 125 Å². The number of guanidine groups is 1. The van der Waals surface area contributed by atoms with E-state index in [4.69, 9.17) is 10.5 Å². The van der Waals surface area contributed by atoms with Gasteiger partial charge >= 0.3 is 5.97 Å². The predicted octanol–water partition coefficient (Wildman–Crippen LogP) is 1.99. The SMILES string of the molecule is C=CCNC(N)=NCCCCC(=O)OCc1ccccc1. The number of hydrogen-bond donors (Lipinski definition) is 2. The zero-order valence-electron chi connectivity index (χ0n) is 12.3. The number of ether oxygens (including phenoxy) is 1. The van der Waals surface area contributed by atoms with E-state index >= 15 is 0 Å². The third-order valence-electron chi connectivity index (χ3n) is 2.74.